The van der Waals surface area contributed by atoms with Crippen molar-refractivity contribution in [1.82, 2.24) is 4.90 Å². The summed E-state index contributed by atoms with van der Waals surface area (Å²) < 4.78 is 14.7. The van der Waals surface area contributed by atoms with Crippen LogP contribution in [0.1, 0.15) is 36.1 Å². The third kappa shape index (κ3) is 4.99. The summed E-state index contributed by atoms with van der Waals surface area (Å²) in [6.45, 7) is 5.93. The summed E-state index contributed by atoms with van der Waals surface area (Å²) >= 11 is 0. The van der Waals surface area contributed by atoms with E-state index in [0.29, 0.717) is 42.5 Å². The highest BCUT2D eigenvalue weighted by molar-refractivity contribution is 6.13. The van der Waals surface area contributed by atoms with Gasteiger partial charge in [-0.2, -0.15) is 0 Å². The molecule has 1 N–H and O–H groups in total. The van der Waals surface area contributed by atoms with E-state index in [1.165, 1.54) is 11.6 Å². The molecule has 0 spiro atoms. The van der Waals surface area contributed by atoms with E-state index < -0.39 is 5.97 Å². The number of hydrogen-bond acceptors (Lipinski definition) is 5. The van der Waals surface area contributed by atoms with Gasteiger partial charge in [0.25, 0.3) is 0 Å². The summed E-state index contributed by atoms with van der Waals surface area (Å²) in [6.07, 6.45) is 1.02. The molecule has 2 aromatic rings. The number of likely N-dealkylation sites (tertiary alicyclic amines) is 1. The fraction of sp³-hybridized carbons (Fsp3) is 0.375. The molecule has 7 heteroatoms. The van der Waals surface area contributed by atoms with Crippen molar-refractivity contribution >= 4 is 17.5 Å². The van der Waals surface area contributed by atoms with Crippen LogP contribution in [-0.2, 0) is 22.6 Å². The molecule has 0 unspecified atom stereocenters. The molecule has 31 heavy (non-hydrogen) atoms. The molecule has 2 aromatic carbocycles. The molecular weight excluding hydrogens is 397 g/mol. The van der Waals surface area contributed by atoms with E-state index in [2.05, 4.69) is 36.1 Å². The molecular formula is C24H26FN3O3. The molecule has 1 fully saturated rings. The number of rotatable bonds is 7. The molecule has 4 rings (SSSR count). The number of carboxylic acid groups (broad SMARTS) is 1. The molecule has 0 amide bonds. The molecule has 2 aliphatic heterocycles. The van der Waals surface area contributed by atoms with Gasteiger partial charge >= 0.3 is 5.97 Å². The van der Waals surface area contributed by atoms with Gasteiger partial charge in [-0.15, -0.1) is 0 Å². The first-order valence-electron chi connectivity index (χ1n) is 10.5. The summed E-state index contributed by atoms with van der Waals surface area (Å²) in [5, 5.41) is 13.0. The normalized spacial score (nSPS) is 17.0. The smallest absolute Gasteiger partial charge is 0.309 e. The third-order valence-electron chi connectivity index (χ3n) is 5.54. The van der Waals surface area contributed by atoms with Crippen molar-refractivity contribution in [2.75, 3.05) is 19.7 Å². The Morgan fingerprint density at radius 1 is 1.19 bits per heavy atom. The van der Waals surface area contributed by atoms with Crippen molar-refractivity contribution in [3.05, 3.63) is 70.5 Å². The van der Waals surface area contributed by atoms with Crippen molar-refractivity contribution in [3.63, 3.8) is 0 Å². The van der Waals surface area contributed by atoms with Crippen LogP contribution < -0.4 is 0 Å². The van der Waals surface area contributed by atoms with Crippen LogP contribution in [-0.4, -0.2) is 47.2 Å². The number of carboxylic acids is 1. The Hall–Kier alpha value is -3.06. The van der Waals surface area contributed by atoms with Gasteiger partial charge in [-0.05, 0) is 29.5 Å². The number of nitrogens with zero attached hydrogens (tertiary/aromatic N) is 3. The number of halogens is 1. The topological polar surface area (TPSA) is 74.5 Å². The van der Waals surface area contributed by atoms with E-state index in [1.54, 1.807) is 12.1 Å². The lowest BCUT2D eigenvalue weighted by atomic mass is 9.99. The average Bonchev–Trinajstić information content (AvgIpc) is 2.71. The SMILES string of the molecule is CC(C)Cc1ccc(C2=NC(c3ccc(CN4CC(C(=O)O)C4)c(F)c3)=NOC2)cc1. The van der Waals surface area contributed by atoms with Gasteiger partial charge in [0, 0.05) is 30.8 Å². The van der Waals surface area contributed by atoms with Crippen LogP contribution in [0.25, 0.3) is 0 Å². The van der Waals surface area contributed by atoms with Gasteiger partial charge in [0.1, 0.15) is 5.82 Å². The first-order chi connectivity index (χ1) is 14.9. The van der Waals surface area contributed by atoms with Crippen LogP contribution in [0.3, 0.4) is 0 Å². The van der Waals surface area contributed by atoms with Crippen molar-refractivity contribution in [1.29, 1.82) is 0 Å². The average molecular weight is 423 g/mol. The van der Waals surface area contributed by atoms with Crippen LogP contribution in [0.15, 0.2) is 52.6 Å². The summed E-state index contributed by atoms with van der Waals surface area (Å²) in [5.41, 5.74) is 4.06. The second-order valence-electron chi connectivity index (χ2n) is 8.58. The molecule has 0 saturated carbocycles. The van der Waals surface area contributed by atoms with E-state index in [-0.39, 0.29) is 18.3 Å². The lowest BCUT2D eigenvalue weighted by Gasteiger charge is -2.36. The number of benzene rings is 2. The van der Waals surface area contributed by atoms with Gasteiger partial charge in [0.2, 0.25) is 0 Å². The van der Waals surface area contributed by atoms with Crippen LogP contribution in [0.4, 0.5) is 4.39 Å². The Morgan fingerprint density at radius 3 is 2.55 bits per heavy atom. The standard InChI is InChI=1S/C24H26FN3O3/c1-15(2)9-16-3-5-17(6-4-16)22-14-31-27-23(26-22)18-7-8-19(21(25)10-18)11-28-12-20(13-28)24(29)30/h3-8,10,15,20H,9,11-14H2,1-2H3,(H,29,30). The quantitative estimate of drug-likeness (QED) is 0.737. The number of aliphatic carboxylic acids is 1. The second-order valence-corrected chi connectivity index (χ2v) is 8.58. The fourth-order valence-corrected chi connectivity index (χ4v) is 3.82. The zero-order valence-electron chi connectivity index (χ0n) is 17.7. The fourth-order valence-electron chi connectivity index (χ4n) is 3.82. The van der Waals surface area contributed by atoms with E-state index in [0.717, 1.165) is 17.7 Å². The lowest BCUT2D eigenvalue weighted by molar-refractivity contribution is -0.147. The van der Waals surface area contributed by atoms with Crippen LogP contribution in [0.5, 0.6) is 0 Å². The molecule has 0 bridgehead atoms. The summed E-state index contributed by atoms with van der Waals surface area (Å²) in [4.78, 5) is 22.8. The zero-order chi connectivity index (χ0) is 22.0. The van der Waals surface area contributed by atoms with E-state index in [4.69, 9.17) is 9.94 Å². The lowest BCUT2D eigenvalue weighted by Crippen LogP contribution is -2.49. The molecule has 1 saturated heterocycles. The van der Waals surface area contributed by atoms with Crippen molar-refractivity contribution < 1.29 is 19.1 Å². The van der Waals surface area contributed by atoms with Gasteiger partial charge in [-0.1, -0.05) is 55.4 Å². The monoisotopic (exact) mass is 423 g/mol. The van der Waals surface area contributed by atoms with Crippen molar-refractivity contribution in [2.45, 2.75) is 26.8 Å². The van der Waals surface area contributed by atoms with Gasteiger partial charge in [-0.3, -0.25) is 9.69 Å². The van der Waals surface area contributed by atoms with Crippen LogP contribution >= 0.6 is 0 Å². The molecule has 0 radical (unpaired) electrons. The number of amidine groups is 1. The molecule has 6 nitrogen and oxygen atoms in total. The molecule has 0 atom stereocenters. The number of carbonyl (C=O) groups is 1. The maximum Gasteiger partial charge on any atom is 0.309 e. The minimum Gasteiger partial charge on any atom is -0.481 e. The van der Waals surface area contributed by atoms with Gasteiger partial charge in [0.15, 0.2) is 12.4 Å². The Kier molecular flexibility index (Phi) is 6.13. The van der Waals surface area contributed by atoms with Gasteiger partial charge < -0.3 is 9.94 Å². The molecule has 0 aromatic heterocycles. The second kappa shape index (κ2) is 8.98. The van der Waals surface area contributed by atoms with Gasteiger partial charge in [-0.25, -0.2) is 9.38 Å². The minimum atomic E-state index is -0.800. The van der Waals surface area contributed by atoms with Crippen LogP contribution in [0, 0.1) is 17.7 Å². The molecule has 0 aliphatic carbocycles. The van der Waals surface area contributed by atoms with Crippen molar-refractivity contribution in [2.24, 2.45) is 22.0 Å². The largest absolute Gasteiger partial charge is 0.481 e. The Bertz CT molecular complexity index is 1020. The summed E-state index contributed by atoms with van der Waals surface area (Å²) in [5.74, 6) is -0.585. The highest BCUT2D eigenvalue weighted by atomic mass is 19.1. The predicted octanol–water partition coefficient (Wildman–Crippen LogP) is 3.72. The molecule has 2 aliphatic rings. The Labute approximate surface area is 181 Å². The maximum absolute atomic E-state index is 14.7. The zero-order valence-corrected chi connectivity index (χ0v) is 17.7. The molecule has 162 valence electrons. The van der Waals surface area contributed by atoms with E-state index >= 15 is 0 Å². The highest BCUT2D eigenvalue weighted by Gasteiger charge is 2.32. The van der Waals surface area contributed by atoms with Gasteiger partial charge in [0.05, 0.1) is 11.6 Å². The molecule has 2 heterocycles. The predicted molar refractivity (Wildman–Crippen MR) is 117 cm³/mol. The first kappa shape index (κ1) is 21.2. The van der Waals surface area contributed by atoms with E-state index in [1.807, 2.05) is 17.0 Å². The summed E-state index contributed by atoms with van der Waals surface area (Å²) in [7, 11) is 0. The Balaban J connectivity index is 1.45. The maximum atomic E-state index is 14.7. The minimum absolute atomic E-state index is 0.271. The highest BCUT2D eigenvalue weighted by Crippen LogP contribution is 2.22. The van der Waals surface area contributed by atoms with Crippen molar-refractivity contribution in [3.8, 4) is 0 Å². The Morgan fingerprint density at radius 2 is 1.90 bits per heavy atom. The summed E-state index contributed by atoms with van der Waals surface area (Å²) in [6, 6.07) is 13.1. The third-order valence-corrected chi connectivity index (χ3v) is 5.54. The number of oxime groups is 1. The van der Waals surface area contributed by atoms with E-state index in [9.17, 15) is 9.18 Å². The number of aliphatic imine (C=N–C) groups is 1. The number of hydrogen-bond donors (Lipinski definition) is 1. The van der Waals surface area contributed by atoms with Crippen LogP contribution in [0.2, 0.25) is 0 Å². The first-order valence-corrected chi connectivity index (χ1v) is 10.5.